The largest absolute Gasteiger partial charge is 0.484 e. The zero-order valence-corrected chi connectivity index (χ0v) is 16.3. The standard InChI is InChI=1S/C16H17IN2O5S/c1-16(17)8-25-14-11(13(21)19(14)12(16)15(22)23)18-10(20)7-24-9-5-3-2-4-6-9/h2-6,11-12,14H,7-8H2,1H3,(H,18,20)(H,22,23)/t11?,12?,14-,16?/m0/s1. The van der Waals surface area contributed by atoms with Crippen LogP contribution in [-0.4, -0.2) is 61.0 Å². The number of thioether (sulfide) groups is 1. The summed E-state index contributed by atoms with van der Waals surface area (Å²) in [4.78, 5) is 37.4. The van der Waals surface area contributed by atoms with Crippen LogP contribution in [0.25, 0.3) is 0 Å². The molecule has 9 heteroatoms. The first-order valence-electron chi connectivity index (χ1n) is 7.64. The monoisotopic (exact) mass is 476 g/mol. The Kier molecular flexibility index (Phi) is 5.14. The number of alkyl halides is 1. The van der Waals surface area contributed by atoms with E-state index in [9.17, 15) is 19.5 Å². The number of benzene rings is 1. The molecule has 2 aliphatic rings. The number of carbonyl (C=O) groups is 3. The molecule has 3 rings (SSSR count). The number of nitrogens with one attached hydrogen (secondary N) is 1. The van der Waals surface area contributed by atoms with Crippen molar-refractivity contribution in [2.45, 2.75) is 27.8 Å². The molecule has 2 fully saturated rings. The number of fused-ring (bicyclic) bond motifs is 1. The van der Waals surface area contributed by atoms with Crippen LogP contribution >= 0.6 is 34.4 Å². The number of rotatable bonds is 5. The zero-order valence-electron chi connectivity index (χ0n) is 13.3. The number of aliphatic carboxylic acids is 1. The molecule has 0 radical (unpaired) electrons. The lowest BCUT2D eigenvalue weighted by molar-refractivity contribution is -0.163. The predicted molar refractivity (Wildman–Crippen MR) is 101 cm³/mol. The second-order valence-corrected chi connectivity index (χ2v) is 9.68. The minimum absolute atomic E-state index is 0.197. The molecular weight excluding hydrogens is 459 g/mol. The molecule has 3 unspecified atom stereocenters. The van der Waals surface area contributed by atoms with Gasteiger partial charge in [0, 0.05) is 5.75 Å². The van der Waals surface area contributed by atoms with Gasteiger partial charge in [0.15, 0.2) is 6.61 Å². The van der Waals surface area contributed by atoms with Crippen molar-refractivity contribution < 1.29 is 24.2 Å². The maximum absolute atomic E-state index is 12.4. The van der Waals surface area contributed by atoms with E-state index in [4.69, 9.17) is 4.74 Å². The van der Waals surface area contributed by atoms with Crippen LogP contribution in [0.15, 0.2) is 30.3 Å². The lowest BCUT2D eigenvalue weighted by Gasteiger charge is -2.56. The van der Waals surface area contributed by atoms with Gasteiger partial charge in [0.05, 0.1) is 3.42 Å². The van der Waals surface area contributed by atoms with Crippen molar-refractivity contribution in [3.63, 3.8) is 0 Å². The lowest BCUT2D eigenvalue weighted by Crippen LogP contribution is -2.78. The highest BCUT2D eigenvalue weighted by molar-refractivity contribution is 14.1. The van der Waals surface area contributed by atoms with E-state index in [1.807, 2.05) is 13.0 Å². The number of carboxylic acids is 1. The fourth-order valence-electron chi connectivity index (χ4n) is 2.94. The molecule has 2 saturated heterocycles. The molecule has 2 aliphatic heterocycles. The molecule has 2 heterocycles. The Morgan fingerprint density at radius 3 is 2.76 bits per heavy atom. The van der Waals surface area contributed by atoms with Crippen LogP contribution < -0.4 is 10.1 Å². The van der Waals surface area contributed by atoms with Crippen LogP contribution in [0.2, 0.25) is 0 Å². The average molecular weight is 476 g/mol. The highest BCUT2D eigenvalue weighted by atomic mass is 127. The van der Waals surface area contributed by atoms with Crippen LogP contribution in [0.5, 0.6) is 5.75 Å². The van der Waals surface area contributed by atoms with Gasteiger partial charge < -0.3 is 20.1 Å². The van der Waals surface area contributed by atoms with Gasteiger partial charge in [-0.15, -0.1) is 11.8 Å². The van der Waals surface area contributed by atoms with Gasteiger partial charge in [-0.1, -0.05) is 40.8 Å². The summed E-state index contributed by atoms with van der Waals surface area (Å²) < 4.78 is 4.81. The van der Waals surface area contributed by atoms with Crippen molar-refractivity contribution in [3.05, 3.63) is 30.3 Å². The molecule has 7 nitrogen and oxygen atoms in total. The highest BCUT2D eigenvalue weighted by Crippen LogP contribution is 2.45. The molecule has 1 aromatic rings. The van der Waals surface area contributed by atoms with Gasteiger partial charge in [-0.25, -0.2) is 4.79 Å². The summed E-state index contributed by atoms with van der Waals surface area (Å²) >= 11 is 3.57. The summed E-state index contributed by atoms with van der Waals surface area (Å²) in [6.45, 7) is 1.62. The van der Waals surface area contributed by atoms with Crippen molar-refractivity contribution in [2.75, 3.05) is 12.4 Å². The summed E-state index contributed by atoms with van der Waals surface area (Å²) in [7, 11) is 0. The summed E-state index contributed by atoms with van der Waals surface area (Å²) in [5.41, 5.74) is 0. The number of ether oxygens (including phenoxy) is 1. The summed E-state index contributed by atoms with van der Waals surface area (Å²) in [5.74, 6) is -0.630. The summed E-state index contributed by atoms with van der Waals surface area (Å²) in [5, 5.41) is 11.8. The molecule has 4 atom stereocenters. The molecule has 0 saturated carbocycles. The zero-order chi connectivity index (χ0) is 18.2. The highest BCUT2D eigenvalue weighted by Gasteiger charge is 2.60. The Morgan fingerprint density at radius 1 is 1.44 bits per heavy atom. The van der Waals surface area contributed by atoms with Crippen LogP contribution in [0.4, 0.5) is 0 Å². The number of hydrogen-bond acceptors (Lipinski definition) is 5. The van der Waals surface area contributed by atoms with Crippen LogP contribution in [0.3, 0.4) is 0 Å². The van der Waals surface area contributed by atoms with Gasteiger partial charge in [-0.05, 0) is 19.1 Å². The molecular formula is C16H17IN2O5S. The molecule has 1 aromatic carbocycles. The van der Waals surface area contributed by atoms with E-state index in [-0.39, 0.29) is 17.9 Å². The van der Waals surface area contributed by atoms with Gasteiger partial charge in [0.1, 0.15) is 23.2 Å². The topological polar surface area (TPSA) is 95.9 Å². The van der Waals surface area contributed by atoms with Crippen LogP contribution in [0.1, 0.15) is 6.92 Å². The van der Waals surface area contributed by atoms with E-state index < -0.39 is 27.4 Å². The second-order valence-electron chi connectivity index (χ2n) is 6.11. The third kappa shape index (κ3) is 3.57. The van der Waals surface area contributed by atoms with Gasteiger partial charge in [0.2, 0.25) is 5.91 Å². The van der Waals surface area contributed by atoms with Crippen molar-refractivity contribution >= 4 is 52.1 Å². The summed E-state index contributed by atoms with van der Waals surface area (Å²) in [6.07, 6.45) is 0. The maximum Gasteiger partial charge on any atom is 0.327 e. The third-order valence-electron chi connectivity index (χ3n) is 4.13. The van der Waals surface area contributed by atoms with E-state index in [0.717, 1.165) is 0 Å². The lowest BCUT2D eigenvalue weighted by atomic mass is 9.95. The molecule has 0 bridgehead atoms. The van der Waals surface area contributed by atoms with E-state index in [1.54, 1.807) is 24.3 Å². The van der Waals surface area contributed by atoms with E-state index >= 15 is 0 Å². The molecule has 25 heavy (non-hydrogen) atoms. The molecule has 0 aliphatic carbocycles. The second kappa shape index (κ2) is 7.02. The Balaban J connectivity index is 1.59. The van der Waals surface area contributed by atoms with Crippen molar-refractivity contribution in [3.8, 4) is 5.75 Å². The average Bonchev–Trinajstić information content (AvgIpc) is 2.57. The SMILES string of the molecule is CC1(I)CS[C@H]2C(NC(=O)COc3ccccc3)C(=O)N2C1C(=O)O. The van der Waals surface area contributed by atoms with Gasteiger partial charge >= 0.3 is 5.97 Å². The minimum Gasteiger partial charge on any atom is -0.484 e. The number of carboxylic acid groups (broad SMARTS) is 1. The Morgan fingerprint density at radius 2 is 2.12 bits per heavy atom. The third-order valence-corrected chi connectivity index (χ3v) is 7.22. The first kappa shape index (κ1) is 18.3. The molecule has 134 valence electrons. The molecule has 2 amide bonds. The Labute approximate surface area is 162 Å². The van der Waals surface area contributed by atoms with E-state index in [0.29, 0.717) is 11.5 Å². The van der Waals surface area contributed by atoms with Gasteiger partial charge in [-0.2, -0.15) is 0 Å². The maximum atomic E-state index is 12.4. The fourth-order valence-corrected chi connectivity index (χ4v) is 5.47. The number of carbonyl (C=O) groups excluding carboxylic acids is 2. The quantitative estimate of drug-likeness (QED) is 0.376. The normalized spacial score (nSPS) is 30.9. The Hall–Kier alpha value is -1.49. The number of para-hydroxylation sites is 1. The predicted octanol–water partition coefficient (Wildman–Crippen LogP) is 1.11. The fraction of sp³-hybridized carbons (Fsp3) is 0.438. The van der Waals surface area contributed by atoms with E-state index in [2.05, 4.69) is 27.9 Å². The molecule has 0 spiro atoms. The van der Waals surface area contributed by atoms with Crippen molar-refractivity contribution in [1.29, 1.82) is 0 Å². The minimum atomic E-state index is -1.02. The smallest absolute Gasteiger partial charge is 0.327 e. The number of hydrogen-bond donors (Lipinski definition) is 2. The number of halogens is 1. The Bertz CT molecular complexity index is 699. The van der Waals surface area contributed by atoms with E-state index in [1.165, 1.54) is 16.7 Å². The first-order valence-corrected chi connectivity index (χ1v) is 9.77. The first-order chi connectivity index (χ1) is 11.8. The van der Waals surface area contributed by atoms with Crippen LogP contribution in [0, 0.1) is 0 Å². The molecule has 0 aromatic heterocycles. The number of amides is 2. The number of nitrogens with zero attached hydrogens (tertiary/aromatic N) is 1. The van der Waals surface area contributed by atoms with Crippen molar-refractivity contribution in [1.82, 2.24) is 10.2 Å². The van der Waals surface area contributed by atoms with Crippen molar-refractivity contribution in [2.24, 2.45) is 0 Å². The summed E-state index contributed by atoms with van der Waals surface area (Å²) in [6, 6.07) is 7.32. The van der Waals surface area contributed by atoms with Gasteiger partial charge in [-0.3, -0.25) is 9.59 Å². The molecule has 2 N–H and O–H groups in total. The van der Waals surface area contributed by atoms with Gasteiger partial charge in [0.25, 0.3) is 5.91 Å². The van der Waals surface area contributed by atoms with Crippen LogP contribution in [-0.2, 0) is 14.4 Å². The number of β-lactam (4-membered cyclic amide) rings is 1.